The second-order valence-corrected chi connectivity index (χ2v) is 9.46. The van der Waals surface area contributed by atoms with E-state index in [1.807, 2.05) is 0 Å². The average molecular weight is 573 g/mol. The molecule has 1 amide bonds. The van der Waals surface area contributed by atoms with Gasteiger partial charge in [0.1, 0.15) is 6.17 Å². The van der Waals surface area contributed by atoms with Crippen LogP contribution in [0.2, 0.25) is 0 Å². The summed E-state index contributed by atoms with van der Waals surface area (Å²) in [5.41, 5.74) is 1.05. The normalized spacial score (nSPS) is 12.0. The zero-order chi connectivity index (χ0) is 20.9. The fourth-order valence-corrected chi connectivity index (χ4v) is 2.93. The summed E-state index contributed by atoms with van der Waals surface area (Å²) in [4.78, 5) is 23.3. The summed E-state index contributed by atoms with van der Waals surface area (Å²) in [5, 5.41) is 17.1. The smallest absolute Gasteiger partial charge is 0.335 e. The Bertz CT molecular complexity index is 874. The Morgan fingerprint density at radius 3 is 2.00 bits per heavy atom. The Kier molecular flexibility index (Phi) is 8.14. The van der Waals surface area contributed by atoms with Crippen LogP contribution >= 0.6 is 69.6 Å². The van der Waals surface area contributed by atoms with E-state index < -0.39 is 21.8 Å². The number of hydrogen-bond donors (Lipinski definition) is 4. The summed E-state index contributed by atoms with van der Waals surface area (Å²) in [6.45, 7) is 0. The van der Waals surface area contributed by atoms with Crippen LogP contribution in [0, 0.1) is 3.57 Å². The molecule has 0 fully saturated rings. The van der Waals surface area contributed by atoms with Gasteiger partial charge in [0.15, 0.2) is 5.11 Å². The number of carboxylic acid groups (broad SMARTS) is 1. The van der Waals surface area contributed by atoms with Gasteiger partial charge < -0.3 is 21.1 Å². The van der Waals surface area contributed by atoms with Crippen LogP contribution in [-0.4, -0.2) is 32.1 Å². The molecule has 0 aliphatic carbocycles. The zero-order valence-corrected chi connectivity index (χ0v) is 19.1. The fourth-order valence-electron chi connectivity index (χ4n) is 2.01. The van der Waals surface area contributed by atoms with Gasteiger partial charge in [-0.3, -0.25) is 4.79 Å². The lowest BCUT2D eigenvalue weighted by molar-refractivity contribution is 0.0696. The molecule has 11 heteroatoms. The Hall–Kier alpha value is -1.33. The van der Waals surface area contributed by atoms with E-state index in [1.54, 1.807) is 24.3 Å². The highest BCUT2D eigenvalue weighted by molar-refractivity contribution is 14.1. The molecule has 1 unspecified atom stereocenters. The maximum atomic E-state index is 12.4. The van der Waals surface area contributed by atoms with Crippen LogP contribution in [0.25, 0.3) is 0 Å². The summed E-state index contributed by atoms with van der Waals surface area (Å²) in [7, 11) is 0. The number of halogens is 4. The topological polar surface area (TPSA) is 90.5 Å². The molecule has 6 nitrogen and oxygen atoms in total. The second-order valence-electron chi connectivity index (χ2n) is 5.44. The van der Waals surface area contributed by atoms with Crippen molar-refractivity contribution in [2.45, 2.75) is 9.96 Å². The Labute approximate surface area is 195 Å². The summed E-state index contributed by atoms with van der Waals surface area (Å²) >= 11 is 25.2. The van der Waals surface area contributed by atoms with Crippen molar-refractivity contribution >= 4 is 92.3 Å². The SMILES string of the molecule is O=C(O)c1ccc(NC(=S)NC(NC(=O)c2ccc(I)cc2)C(Cl)(Cl)Cl)cc1. The fraction of sp³-hybridized carbons (Fsp3) is 0.118. The average Bonchev–Trinajstić information content (AvgIpc) is 2.61. The zero-order valence-electron chi connectivity index (χ0n) is 13.9. The molecule has 0 saturated heterocycles. The van der Waals surface area contributed by atoms with Gasteiger partial charge in [0, 0.05) is 14.8 Å². The van der Waals surface area contributed by atoms with Crippen LogP contribution in [0.15, 0.2) is 48.5 Å². The van der Waals surface area contributed by atoms with E-state index in [-0.39, 0.29) is 10.7 Å². The van der Waals surface area contributed by atoms with Crippen molar-refractivity contribution in [3.8, 4) is 0 Å². The number of rotatable bonds is 5. The van der Waals surface area contributed by atoms with Gasteiger partial charge in [-0.05, 0) is 83.3 Å². The molecule has 0 heterocycles. The molecular weight excluding hydrogens is 560 g/mol. The first-order valence-electron chi connectivity index (χ1n) is 7.60. The minimum Gasteiger partial charge on any atom is -0.478 e. The molecule has 0 spiro atoms. The minimum absolute atomic E-state index is 0.0716. The predicted octanol–water partition coefficient (Wildman–Crippen LogP) is 4.40. The van der Waals surface area contributed by atoms with Crippen molar-refractivity contribution in [3.63, 3.8) is 0 Å². The number of amides is 1. The highest BCUT2D eigenvalue weighted by atomic mass is 127. The quantitative estimate of drug-likeness (QED) is 0.184. The third-order valence-corrected chi connectivity index (χ3v) is 4.97. The molecule has 0 radical (unpaired) electrons. The molecule has 2 aromatic rings. The van der Waals surface area contributed by atoms with E-state index in [2.05, 4.69) is 38.5 Å². The summed E-state index contributed by atoms with van der Waals surface area (Å²) in [6, 6.07) is 12.7. The van der Waals surface area contributed by atoms with Crippen molar-refractivity contribution < 1.29 is 14.7 Å². The maximum Gasteiger partial charge on any atom is 0.335 e. The number of carboxylic acids is 1. The molecule has 4 N–H and O–H groups in total. The number of carbonyl (C=O) groups is 2. The Morgan fingerprint density at radius 1 is 0.964 bits per heavy atom. The van der Waals surface area contributed by atoms with Crippen LogP contribution in [0.5, 0.6) is 0 Å². The number of thiocarbonyl (C=S) groups is 1. The molecule has 1 atom stereocenters. The third kappa shape index (κ3) is 6.93. The second kappa shape index (κ2) is 9.93. The van der Waals surface area contributed by atoms with Crippen molar-refractivity contribution in [3.05, 3.63) is 63.2 Å². The van der Waals surface area contributed by atoms with Gasteiger partial charge in [0.25, 0.3) is 5.91 Å². The molecule has 0 saturated carbocycles. The number of alkyl halides is 3. The van der Waals surface area contributed by atoms with E-state index in [1.165, 1.54) is 24.3 Å². The molecule has 2 aromatic carbocycles. The molecule has 148 valence electrons. The van der Waals surface area contributed by atoms with Crippen molar-refractivity contribution in [1.82, 2.24) is 10.6 Å². The van der Waals surface area contributed by atoms with E-state index in [0.717, 1.165) is 3.57 Å². The molecular formula is C17H13Cl3IN3O3S. The number of anilines is 1. The molecule has 28 heavy (non-hydrogen) atoms. The van der Waals surface area contributed by atoms with Crippen molar-refractivity contribution in [1.29, 1.82) is 0 Å². The maximum absolute atomic E-state index is 12.4. The van der Waals surface area contributed by atoms with E-state index in [9.17, 15) is 9.59 Å². The van der Waals surface area contributed by atoms with Gasteiger partial charge in [0.2, 0.25) is 3.79 Å². The summed E-state index contributed by atoms with van der Waals surface area (Å²) in [6.07, 6.45) is -1.12. The molecule has 0 aromatic heterocycles. The lowest BCUT2D eigenvalue weighted by Crippen LogP contribution is -2.56. The first-order chi connectivity index (χ1) is 13.1. The van der Waals surface area contributed by atoms with Crippen molar-refractivity contribution in [2.75, 3.05) is 5.32 Å². The van der Waals surface area contributed by atoms with Gasteiger partial charge in [0.05, 0.1) is 5.56 Å². The van der Waals surface area contributed by atoms with Gasteiger partial charge in [-0.1, -0.05) is 34.8 Å². The number of aromatic carboxylic acids is 1. The van der Waals surface area contributed by atoms with E-state index >= 15 is 0 Å². The summed E-state index contributed by atoms with van der Waals surface area (Å²) < 4.78 is -0.915. The van der Waals surface area contributed by atoms with Crippen LogP contribution < -0.4 is 16.0 Å². The van der Waals surface area contributed by atoms with E-state index in [0.29, 0.717) is 11.3 Å². The largest absolute Gasteiger partial charge is 0.478 e. The standard InChI is InChI=1S/C17H13Cl3IN3O3S/c18-17(19,20)15(23-13(25)9-1-5-11(21)6-2-9)24-16(28)22-12-7-3-10(4-8-12)14(26)27/h1-8,15H,(H,23,25)(H,26,27)(H2,22,24,28). The predicted molar refractivity (Wildman–Crippen MR) is 123 cm³/mol. The summed E-state index contributed by atoms with van der Waals surface area (Å²) in [5.74, 6) is -1.49. The molecule has 0 aliphatic heterocycles. The number of benzene rings is 2. The first kappa shape index (κ1) is 23.0. The Morgan fingerprint density at radius 2 is 1.50 bits per heavy atom. The van der Waals surface area contributed by atoms with E-state index in [4.69, 9.17) is 52.1 Å². The first-order valence-corrected chi connectivity index (χ1v) is 10.2. The monoisotopic (exact) mass is 571 g/mol. The van der Waals surface area contributed by atoms with Crippen molar-refractivity contribution in [2.24, 2.45) is 0 Å². The van der Waals surface area contributed by atoms with Gasteiger partial charge in [-0.2, -0.15) is 0 Å². The Balaban J connectivity index is 2.04. The van der Waals surface area contributed by atoms with Gasteiger partial charge in [-0.15, -0.1) is 0 Å². The number of carbonyl (C=O) groups excluding carboxylic acids is 1. The number of nitrogens with one attached hydrogen (secondary N) is 3. The highest BCUT2D eigenvalue weighted by Gasteiger charge is 2.34. The lowest BCUT2D eigenvalue weighted by atomic mass is 10.2. The van der Waals surface area contributed by atoms with Crippen LogP contribution in [0.3, 0.4) is 0 Å². The van der Waals surface area contributed by atoms with Crippen LogP contribution in [-0.2, 0) is 0 Å². The van der Waals surface area contributed by atoms with Crippen LogP contribution in [0.4, 0.5) is 5.69 Å². The molecule has 0 bridgehead atoms. The third-order valence-electron chi connectivity index (χ3n) is 3.37. The minimum atomic E-state index is -1.89. The number of hydrogen-bond acceptors (Lipinski definition) is 3. The highest BCUT2D eigenvalue weighted by Crippen LogP contribution is 2.29. The van der Waals surface area contributed by atoms with Gasteiger partial charge in [-0.25, -0.2) is 4.79 Å². The van der Waals surface area contributed by atoms with Crippen LogP contribution in [0.1, 0.15) is 20.7 Å². The molecule has 0 aliphatic rings. The van der Waals surface area contributed by atoms with Gasteiger partial charge >= 0.3 is 5.97 Å². The lowest BCUT2D eigenvalue weighted by Gasteiger charge is -2.27. The molecule has 2 rings (SSSR count).